The van der Waals surface area contributed by atoms with Crippen LogP contribution in [0.2, 0.25) is 0 Å². The Kier molecular flexibility index (Phi) is 3.42. The Morgan fingerprint density at radius 1 is 1.47 bits per heavy atom. The minimum Gasteiger partial charge on any atom is -0.396 e. The van der Waals surface area contributed by atoms with E-state index in [9.17, 15) is 4.79 Å². The van der Waals surface area contributed by atoms with Gasteiger partial charge in [0.25, 0.3) is 5.91 Å². The molecule has 2 aliphatic rings. The van der Waals surface area contributed by atoms with E-state index in [-0.39, 0.29) is 12.5 Å². The Morgan fingerprint density at radius 3 is 3.21 bits per heavy atom. The molecule has 4 nitrogen and oxygen atoms in total. The molecule has 102 valence electrons. The molecule has 0 radical (unpaired) electrons. The first-order chi connectivity index (χ1) is 9.28. The zero-order chi connectivity index (χ0) is 13.2. The Bertz CT molecular complexity index is 487. The van der Waals surface area contributed by atoms with Crippen molar-refractivity contribution in [2.45, 2.75) is 19.3 Å². The van der Waals surface area contributed by atoms with Crippen molar-refractivity contribution in [2.75, 3.05) is 31.6 Å². The molecule has 1 aromatic rings. The minimum atomic E-state index is 0.122. The lowest BCUT2D eigenvalue weighted by Gasteiger charge is -2.17. The summed E-state index contributed by atoms with van der Waals surface area (Å²) >= 11 is 0. The fourth-order valence-corrected chi connectivity index (χ4v) is 3.04. The lowest BCUT2D eigenvalue weighted by molar-refractivity contribution is 0.0785. The predicted octanol–water partition coefficient (Wildman–Crippen LogP) is 1.50. The van der Waals surface area contributed by atoms with Crippen LogP contribution in [0.5, 0.6) is 0 Å². The fourth-order valence-electron chi connectivity index (χ4n) is 3.04. The normalized spacial score (nSPS) is 21.3. The van der Waals surface area contributed by atoms with Gasteiger partial charge >= 0.3 is 0 Å². The molecule has 3 rings (SSSR count). The Labute approximate surface area is 113 Å². The number of nitrogens with zero attached hydrogens (tertiary/aromatic N) is 1. The minimum absolute atomic E-state index is 0.122. The summed E-state index contributed by atoms with van der Waals surface area (Å²) in [5.74, 6) is 0.582. The average Bonchev–Trinajstić information content (AvgIpc) is 3.05. The molecule has 0 spiro atoms. The maximum Gasteiger partial charge on any atom is 0.253 e. The highest BCUT2D eigenvalue weighted by Crippen LogP contribution is 2.26. The summed E-state index contributed by atoms with van der Waals surface area (Å²) < 4.78 is 0. The zero-order valence-electron chi connectivity index (χ0n) is 11.1. The number of aliphatic hydroxyl groups excluding tert-OH is 1. The standard InChI is InChI=1S/C15H20N2O2/c18-8-5-11-4-7-17(10-11)15(19)13-2-1-12-3-6-16-14(12)9-13/h1-2,9,11,16,18H,3-8,10H2. The number of amides is 1. The summed E-state index contributed by atoms with van der Waals surface area (Å²) in [6, 6.07) is 5.97. The van der Waals surface area contributed by atoms with E-state index in [0.29, 0.717) is 5.92 Å². The summed E-state index contributed by atoms with van der Waals surface area (Å²) in [7, 11) is 0. The molecule has 0 aliphatic carbocycles. The Morgan fingerprint density at radius 2 is 2.37 bits per heavy atom. The van der Waals surface area contributed by atoms with Crippen LogP contribution in [0, 0.1) is 5.92 Å². The molecule has 1 atom stereocenters. The molecule has 0 aromatic heterocycles. The highest BCUT2D eigenvalue weighted by molar-refractivity contribution is 5.95. The van der Waals surface area contributed by atoms with Gasteiger partial charge in [0.1, 0.15) is 0 Å². The number of carbonyl (C=O) groups excluding carboxylic acids is 1. The summed E-state index contributed by atoms with van der Waals surface area (Å²) in [4.78, 5) is 14.3. The first kappa shape index (κ1) is 12.5. The molecule has 2 aliphatic heterocycles. The molecular formula is C15H20N2O2. The number of anilines is 1. The molecule has 0 saturated carbocycles. The van der Waals surface area contributed by atoms with Crippen LogP contribution in [0.4, 0.5) is 5.69 Å². The van der Waals surface area contributed by atoms with E-state index in [1.165, 1.54) is 5.56 Å². The number of rotatable bonds is 3. The Balaban J connectivity index is 1.71. The number of hydrogen-bond acceptors (Lipinski definition) is 3. The van der Waals surface area contributed by atoms with Crippen LogP contribution < -0.4 is 5.32 Å². The van der Waals surface area contributed by atoms with Gasteiger partial charge in [0.05, 0.1) is 0 Å². The average molecular weight is 260 g/mol. The quantitative estimate of drug-likeness (QED) is 0.866. The SMILES string of the molecule is O=C(c1ccc2c(c1)NCC2)N1CCC(CCO)C1. The van der Waals surface area contributed by atoms with Gasteiger partial charge in [-0.15, -0.1) is 0 Å². The van der Waals surface area contributed by atoms with Gasteiger partial charge in [-0.2, -0.15) is 0 Å². The number of carbonyl (C=O) groups is 1. The Hall–Kier alpha value is -1.55. The highest BCUT2D eigenvalue weighted by atomic mass is 16.3. The van der Waals surface area contributed by atoms with Crippen LogP contribution in [0.1, 0.15) is 28.8 Å². The zero-order valence-corrected chi connectivity index (χ0v) is 11.1. The first-order valence-corrected chi connectivity index (χ1v) is 7.05. The molecular weight excluding hydrogens is 240 g/mol. The molecule has 1 amide bonds. The van der Waals surface area contributed by atoms with Gasteiger partial charge in [0.15, 0.2) is 0 Å². The predicted molar refractivity (Wildman–Crippen MR) is 74.3 cm³/mol. The van der Waals surface area contributed by atoms with Gasteiger partial charge in [0, 0.05) is 37.5 Å². The molecule has 2 N–H and O–H groups in total. The second-order valence-electron chi connectivity index (χ2n) is 5.47. The second-order valence-corrected chi connectivity index (χ2v) is 5.47. The van der Waals surface area contributed by atoms with E-state index in [2.05, 4.69) is 11.4 Å². The molecule has 19 heavy (non-hydrogen) atoms. The maximum absolute atomic E-state index is 12.4. The largest absolute Gasteiger partial charge is 0.396 e. The molecule has 1 aromatic carbocycles. The van der Waals surface area contributed by atoms with Crippen molar-refractivity contribution in [1.29, 1.82) is 0 Å². The van der Waals surface area contributed by atoms with Crippen molar-refractivity contribution < 1.29 is 9.90 Å². The number of benzene rings is 1. The number of likely N-dealkylation sites (tertiary alicyclic amines) is 1. The first-order valence-electron chi connectivity index (χ1n) is 7.05. The van der Waals surface area contributed by atoms with E-state index in [0.717, 1.165) is 50.1 Å². The number of aliphatic hydroxyl groups is 1. The van der Waals surface area contributed by atoms with Gasteiger partial charge in [-0.3, -0.25) is 4.79 Å². The lowest BCUT2D eigenvalue weighted by atomic mass is 10.1. The van der Waals surface area contributed by atoms with E-state index >= 15 is 0 Å². The molecule has 1 unspecified atom stereocenters. The highest BCUT2D eigenvalue weighted by Gasteiger charge is 2.27. The topological polar surface area (TPSA) is 52.6 Å². The fraction of sp³-hybridized carbons (Fsp3) is 0.533. The second kappa shape index (κ2) is 5.21. The van der Waals surface area contributed by atoms with Crippen molar-refractivity contribution in [2.24, 2.45) is 5.92 Å². The van der Waals surface area contributed by atoms with Crippen LogP contribution in [-0.2, 0) is 6.42 Å². The molecule has 1 saturated heterocycles. The van der Waals surface area contributed by atoms with Crippen LogP contribution in [0.3, 0.4) is 0 Å². The third kappa shape index (κ3) is 2.45. The smallest absolute Gasteiger partial charge is 0.253 e. The summed E-state index contributed by atoms with van der Waals surface area (Å²) in [6.45, 7) is 2.78. The van der Waals surface area contributed by atoms with Crippen LogP contribution in [0.25, 0.3) is 0 Å². The molecule has 1 fully saturated rings. The van der Waals surface area contributed by atoms with E-state index in [4.69, 9.17) is 5.11 Å². The van der Waals surface area contributed by atoms with Crippen molar-refractivity contribution in [3.05, 3.63) is 29.3 Å². The maximum atomic E-state index is 12.4. The molecule has 2 heterocycles. The third-order valence-electron chi connectivity index (χ3n) is 4.18. The molecule has 0 bridgehead atoms. The van der Waals surface area contributed by atoms with E-state index < -0.39 is 0 Å². The van der Waals surface area contributed by atoms with Crippen LogP contribution in [0.15, 0.2) is 18.2 Å². The number of fused-ring (bicyclic) bond motifs is 1. The summed E-state index contributed by atoms with van der Waals surface area (Å²) in [5.41, 5.74) is 3.19. The molecule has 4 heteroatoms. The lowest BCUT2D eigenvalue weighted by Crippen LogP contribution is -2.28. The van der Waals surface area contributed by atoms with Crippen molar-refractivity contribution >= 4 is 11.6 Å². The van der Waals surface area contributed by atoms with E-state index in [1.54, 1.807) is 0 Å². The number of nitrogens with one attached hydrogen (secondary N) is 1. The van der Waals surface area contributed by atoms with Gasteiger partial charge < -0.3 is 15.3 Å². The van der Waals surface area contributed by atoms with Crippen molar-refractivity contribution in [3.8, 4) is 0 Å². The number of hydrogen-bond donors (Lipinski definition) is 2. The van der Waals surface area contributed by atoms with E-state index in [1.807, 2.05) is 17.0 Å². The van der Waals surface area contributed by atoms with Crippen molar-refractivity contribution in [3.63, 3.8) is 0 Å². The van der Waals surface area contributed by atoms with Gasteiger partial charge in [-0.25, -0.2) is 0 Å². The summed E-state index contributed by atoms with van der Waals surface area (Å²) in [6.07, 6.45) is 2.86. The van der Waals surface area contributed by atoms with Crippen LogP contribution >= 0.6 is 0 Å². The third-order valence-corrected chi connectivity index (χ3v) is 4.18. The van der Waals surface area contributed by atoms with Gasteiger partial charge in [-0.05, 0) is 42.9 Å². The van der Waals surface area contributed by atoms with Gasteiger partial charge in [-0.1, -0.05) is 6.07 Å². The van der Waals surface area contributed by atoms with Gasteiger partial charge in [0.2, 0.25) is 0 Å². The van der Waals surface area contributed by atoms with Crippen LogP contribution in [-0.4, -0.2) is 42.2 Å². The summed E-state index contributed by atoms with van der Waals surface area (Å²) in [5, 5.41) is 12.3. The van der Waals surface area contributed by atoms with Crippen molar-refractivity contribution in [1.82, 2.24) is 4.90 Å². The monoisotopic (exact) mass is 260 g/mol.